The first kappa shape index (κ1) is 12.3. The number of hydrogen-bond donors (Lipinski definition) is 1. The highest BCUT2D eigenvalue weighted by molar-refractivity contribution is 5.93. The van der Waals surface area contributed by atoms with Crippen molar-refractivity contribution in [2.75, 3.05) is 5.06 Å². The molecule has 0 unspecified atom stereocenters. The highest BCUT2D eigenvalue weighted by atomic mass is 16.5. The highest BCUT2D eigenvalue weighted by Crippen LogP contribution is 2.18. The lowest BCUT2D eigenvalue weighted by molar-refractivity contribution is -0.123. The lowest BCUT2D eigenvalue weighted by Crippen LogP contribution is -2.29. The Morgan fingerprint density at radius 1 is 1.06 bits per heavy atom. The highest BCUT2D eigenvalue weighted by Gasteiger charge is 2.15. The van der Waals surface area contributed by atoms with Crippen LogP contribution in [-0.2, 0) is 11.2 Å². The number of nitrogens with zero attached hydrogens (tertiary/aromatic N) is 1. The fraction of sp³-hybridized carbons (Fsp3) is 0.133. The summed E-state index contributed by atoms with van der Waals surface area (Å²) < 4.78 is 0. The molecule has 1 N–H and O–H groups in total. The summed E-state index contributed by atoms with van der Waals surface area (Å²) in [6.07, 6.45) is 0.186. The van der Waals surface area contributed by atoms with E-state index in [-0.39, 0.29) is 12.3 Å². The molecule has 0 saturated carbocycles. The first-order chi connectivity index (χ1) is 8.68. The van der Waals surface area contributed by atoms with Crippen LogP contribution in [0.3, 0.4) is 0 Å². The normalized spacial score (nSPS) is 10.1. The predicted molar refractivity (Wildman–Crippen MR) is 70.6 cm³/mol. The van der Waals surface area contributed by atoms with Crippen molar-refractivity contribution in [1.29, 1.82) is 0 Å². The van der Waals surface area contributed by atoms with E-state index in [1.807, 2.05) is 49.4 Å². The summed E-state index contributed by atoms with van der Waals surface area (Å²) in [4.78, 5) is 11.9. The summed E-state index contributed by atoms with van der Waals surface area (Å²) >= 11 is 0. The van der Waals surface area contributed by atoms with Crippen LogP contribution in [0.25, 0.3) is 0 Å². The molecule has 18 heavy (non-hydrogen) atoms. The fourth-order valence-corrected chi connectivity index (χ4v) is 1.78. The summed E-state index contributed by atoms with van der Waals surface area (Å²) in [5.41, 5.74) is 2.27. The topological polar surface area (TPSA) is 40.5 Å². The Hall–Kier alpha value is -2.13. The van der Waals surface area contributed by atoms with E-state index < -0.39 is 0 Å². The third-order valence-corrected chi connectivity index (χ3v) is 2.78. The number of rotatable bonds is 3. The van der Waals surface area contributed by atoms with Gasteiger partial charge in [-0.3, -0.25) is 10.0 Å². The fourth-order valence-electron chi connectivity index (χ4n) is 1.78. The molecular weight excluding hydrogens is 226 g/mol. The number of anilines is 1. The molecule has 2 rings (SSSR count). The second kappa shape index (κ2) is 5.47. The first-order valence-corrected chi connectivity index (χ1v) is 5.80. The minimum Gasteiger partial charge on any atom is -0.281 e. The van der Waals surface area contributed by atoms with Gasteiger partial charge in [0.25, 0.3) is 5.91 Å². The average molecular weight is 241 g/mol. The molecule has 0 aliphatic carbocycles. The van der Waals surface area contributed by atoms with Crippen molar-refractivity contribution in [3.63, 3.8) is 0 Å². The van der Waals surface area contributed by atoms with Crippen LogP contribution in [0.5, 0.6) is 0 Å². The van der Waals surface area contributed by atoms with Crippen molar-refractivity contribution >= 4 is 11.6 Å². The van der Waals surface area contributed by atoms with Crippen LogP contribution >= 0.6 is 0 Å². The SMILES string of the molecule is Cc1ccccc1N(O)C(=O)Cc1ccccc1. The van der Waals surface area contributed by atoms with Crippen molar-refractivity contribution < 1.29 is 10.0 Å². The summed E-state index contributed by atoms with van der Waals surface area (Å²) in [5, 5.41) is 10.6. The largest absolute Gasteiger partial charge is 0.281 e. The van der Waals surface area contributed by atoms with Gasteiger partial charge in [-0.15, -0.1) is 0 Å². The van der Waals surface area contributed by atoms with Crippen molar-refractivity contribution in [3.8, 4) is 0 Å². The van der Waals surface area contributed by atoms with E-state index in [2.05, 4.69) is 0 Å². The average Bonchev–Trinajstić information content (AvgIpc) is 2.39. The second-order valence-electron chi connectivity index (χ2n) is 4.15. The molecule has 0 atom stereocenters. The molecule has 0 fully saturated rings. The van der Waals surface area contributed by atoms with E-state index in [1.165, 1.54) is 0 Å². The monoisotopic (exact) mass is 241 g/mol. The molecule has 0 spiro atoms. The Bertz CT molecular complexity index is 537. The van der Waals surface area contributed by atoms with Crippen LogP contribution in [0.4, 0.5) is 5.69 Å². The van der Waals surface area contributed by atoms with Gasteiger partial charge in [0, 0.05) is 0 Å². The van der Waals surface area contributed by atoms with Gasteiger partial charge in [0.15, 0.2) is 0 Å². The van der Waals surface area contributed by atoms with Gasteiger partial charge in [-0.25, -0.2) is 0 Å². The van der Waals surface area contributed by atoms with Gasteiger partial charge in [0.1, 0.15) is 0 Å². The van der Waals surface area contributed by atoms with Crippen LogP contribution in [0.1, 0.15) is 11.1 Å². The van der Waals surface area contributed by atoms with Crippen molar-refractivity contribution in [2.45, 2.75) is 13.3 Å². The summed E-state index contributed by atoms with van der Waals surface area (Å²) in [5.74, 6) is -0.337. The number of carbonyl (C=O) groups is 1. The quantitative estimate of drug-likeness (QED) is 0.663. The molecule has 2 aromatic rings. The third kappa shape index (κ3) is 2.76. The van der Waals surface area contributed by atoms with E-state index in [4.69, 9.17) is 0 Å². The van der Waals surface area contributed by atoms with Gasteiger partial charge >= 0.3 is 0 Å². The van der Waals surface area contributed by atoms with Gasteiger partial charge in [-0.2, -0.15) is 5.06 Å². The van der Waals surface area contributed by atoms with Gasteiger partial charge in [-0.05, 0) is 24.1 Å². The van der Waals surface area contributed by atoms with E-state index in [9.17, 15) is 10.0 Å². The molecule has 0 aliphatic rings. The van der Waals surface area contributed by atoms with Gasteiger partial charge < -0.3 is 0 Å². The minimum atomic E-state index is -0.337. The molecule has 0 heterocycles. The molecule has 3 nitrogen and oxygen atoms in total. The summed E-state index contributed by atoms with van der Waals surface area (Å²) in [6.45, 7) is 1.86. The number of para-hydroxylation sites is 1. The van der Waals surface area contributed by atoms with Crippen molar-refractivity contribution in [3.05, 3.63) is 65.7 Å². The lowest BCUT2D eigenvalue weighted by atomic mass is 10.1. The van der Waals surface area contributed by atoms with Crippen LogP contribution < -0.4 is 5.06 Å². The molecule has 3 heteroatoms. The van der Waals surface area contributed by atoms with Gasteiger partial charge in [0.2, 0.25) is 0 Å². The number of aryl methyl sites for hydroxylation is 1. The molecule has 0 saturated heterocycles. The van der Waals surface area contributed by atoms with Gasteiger partial charge in [-0.1, -0.05) is 48.5 Å². The summed E-state index contributed by atoms with van der Waals surface area (Å²) in [7, 11) is 0. The minimum absolute atomic E-state index is 0.186. The van der Waals surface area contributed by atoms with E-state index in [0.717, 1.165) is 16.2 Å². The van der Waals surface area contributed by atoms with Crippen molar-refractivity contribution in [1.82, 2.24) is 0 Å². The number of hydrogen-bond acceptors (Lipinski definition) is 2. The predicted octanol–water partition coefficient (Wildman–Crippen LogP) is 2.96. The van der Waals surface area contributed by atoms with E-state index in [1.54, 1.807) is 12.1 Å². The third-order valence-electron chi connectivity index (χ3n) is 2.78. The molecule has 2 aromatic carbocycles. The Balaban J connectivity index is 2.13. The van der Waals surface area contributed by atoms with Crippen LogP contribution in [0.15, 0.2) is 54.6 Å². The summed E-state index contributed by atoms with van der Waals surface area (Å²) in [6, 6.07) is 16.6. The number of amides is 1. The maximum Gasteiger partial charge on any atom is 0.255 e. The Morgan fingerprint density at radius 3 is 2.33 bits per heavy atom. The standard InChI is InChI=1S/C15H15NO2/c1-12-7-5-6-10-14(12)16(18)15(17)11-13-8-3-2-4-9-13/h2-10,18H,11H2,1H3. The Kier molecular flexibility index (Phi) is 3.75. The lowest BCUT2D eigenvalue weighted by Gasteiger charge is -2.17. The zero-order valence-corrected chi connectivity index (χ0v) is 10.2. The second-order valence-corrected chi connectivity index (χ2v) is 4.15. The number of hydroxylamine groups is 1. The van der Waals surface area contributed by atoms with Gasteiger partial charge in [0.05, 0.1) is 12.1 Å². The number of benzene rings is 2. The van der Waals surface area contributed by atoms with Crippen LogP contribution in [0, 0.1) is 6.92 Å². The van der Waals surface area contributed by atoms with Crippen LogP contribution in [0.2, 0.25) is 0 Å². The maximum absolute atomic E-state index is 11.9. The van der Waals surface area contributed by atoms with Crippen molar-refractivity contribution in [2.24, 2.45) is 0 Å². The molecular formula is C15H15NO2. The molecule has 0 radical (unpaired) electrons. The zero-order valence-electron chi connectivity index (χ0n) is 10.2. The molecule has 92 valence electrons. The number of carbonyl (C=O) groups excluding carboxylic acids is 1. The zero-order chi connectivity index (χ0) is 13.0. The maximum atomic E-state index is 11.9. The molecule has 0 bridgehead atoms. The van der Waals surface area contributed by atoms with Crippen LogP contribution in [-0.4, -0.2) is 11.1 Å². The molecule has 1 amide bonds. The van der Waals surface area contributed by atoms with E-state index in [0.29, 0.717) is 5.69 Å². The first-order valence-electron chi connectivity index (χ1n) is 5.80. The smallest absolute Gasteiger partial charge is 0.255 e. The van der Waals surface area contributed by atoms with E-state index >= 15 is 0 Å². The Labute approximate surface area is 106 Å². The molecule has 0 aromatic heterocycles. The Morgan fingerprint density at radius 2 is 1.67 bits per heavy atom. The molecule has 0 aliphatic heterocycles.